The lowest BCUT2D eigenvalue weighted by Crippen LogP contribution is -2.35. The van der Waals surface area contributed by atoms with Crippen LogP contribution in [0.15, 0.2) is 42.1 Å². The first-order valence-electron chi connectivity index (χ1n) is 9.34. The number of methoxy groups -OCH3 is 1. The highest BCUT2D eigenvalue weighted by Crippen LogP contribution is 2.33. The van der Waals surface area contributed by atoms with Gasteiger partial charge in [-0.1, -0.05) is 35.9 Å². The molecule has 0 spiro atoms. The zero-order valence-corrected chi connectivity index (χ0v) is 17.1. The number of anilines is 1. The predicted molar refractivity (Wildman–Crippen MR) is 111 cm³/mol. The van der Waals surface area contributed by atoms with Crippen LogP contribution < -0.4 is 5.32 Å². The second kappa shape index (κ2) is 7.98. The Morgan fingerprint density at radius 1 is 0.893 bits per heavy atom. The van der Waals surface area contributed by atoms with Crippen LogP contribution in [0.3, 0.4) is 0 Å². The summed E-state index contributed by atoms with van der Waals surface area (Å²) in [6.07, 6.45) is 0. The summed E-state index contributed by atoms with van der Waals surface area (Å²) >= 11 is 0. The zero-order chi connectivity index (χ0) is 20.4. The number of hydrogen-bond acceptors (Lipinski definition) is 4. The van der Waals surface area contributed by atoms with E-state index in [1.54, 1.807) is 7.11 Å². The number of benzene rings is 2. The van der Waals surface area contributed by atoms with Crippen molar-refractivity contribution in [2.45, 2.75) is 27.7 Å². The Balaban J connectivity index is 2.12. The van der Waals surface area contributed by atoms with Crippen molar-refractivity contribution in [2.24, 2.45) is 0 Å². The molecule has 5 heteroatoms. The van der Waals surface area contributed by atoms with Crippen LogP contribution in [0, 0.1) is 27.7 Å². The van der Waals surface area contributed by atoms with E-state index >= 15 is 0 Å². The van der Waals surface area contributed by atoms with Crippen LogP contribution in [-0.4, -0.2) is 37.0 Å². The van der Waals surface area contributed by atoms with E-state index in [1.807, 2.05) is 64.1 Å². The summed E-state index contributed by atoms with van der Waals surface area (Å²) < 4.78 is 5.08. The fourth-order valence-corrected chi connectivity index (χ4v) is 3.43. The molecule has 2 aromatic carbocycles. The minimum absolute atomic E-state index is 0.223. The number of carbonyl (C=O) groups is 2. The Bertz CT molecular complexity index is 976. The first-order chi connectivity index (χ1) is 13.3. The maximum absolute atomic E-state index is 13.2. The molecule has 0 atom stereocenters. The van der Waals surface area contributed by atoms with Gasteiger partial charge < -0.3 is 10.1 Å². The van der Waals surface area contributed by atoms with E-state index in [9.17, 15) is 9.59 Å². The highest BCUT2D eigenvalue weighted by Gasteiger charge is 2.39. The van der Waals surface area contributed by atoms with E-state index in [0.717, 1.165) is 33.5 Å². The first-order valence-corrected chi connectivity index (χ1v) is 9.34. The SMILES string of the molecule is COCCN1C(=O)C(Nc2cc(C)ccc2C)=C(c2ccc(C)cc2C)C1=O. The van der Waals surface area contributed by atoms with Gasteiger partial charge in [0.1, 0.15) is 5.70 Å². The van der Waals surface area contributed by atoms with Gasteiger partial charge >= 0.3 is 0 Å². The van der Waals surface area contributed by atoms with Gasteiger partial charge in [-0.25, -0.2) is 0 Å². The lowest BCUT2D eigenvalue weighted by molar-refractivity contribution is -0.137. The van der Waals surface area contributed by atoms with Gasteiger partial charge in [-0.3, -0.25) is 14.5 Å². The zero-order valence-electron chi connectivity index (χ0n) is 17.1. The van der Waals surface area contributed by atoms with Gasteiger partial charge in [-0.05, 0) is 56.0 Å². The van der Waals surface area contributed by atoms with E-state index in [1.165, 1.54) is 4.90 Å². The van der Waals surface area contributed by atoms with Crippen LogP contribution in [-0.2, 0) is 14.3 Å². The minimum Gasteiger partial charge on any atom is -0.383 e. The number of rotatable bonds is 6. The van der Waals surface area contributed by atoms with Crippen LogP contribution in [0.4, 0.5) is 5.69 Å². The third-order valence-electron chi connectivity index (χ3n) is 4.99. The summed E-state index contributed by atoms with van der Waals surface area (Å²) in [4.78, 5) is 27.5. The maximum Gasteiger partial charge on any atom is 0.278 e. The molecule has 1 aliphatic heterocycles. The fraction of sp³-hybridized carbons (Fsp3) is 0.304. The minimum atomic E-state index is -0.321. The number of imide groups is 1. The van der Waals surface area contributed by atoms with E-state index in [4.69, 9.17) is 4.74 Å². The number of aryl methyl sites for hydroxylation is 4. The summed E-state index contributed by atoms with van der Waals surface area (Å²) in [6, 6.07) is 11.9. The van der Waals surface area contributed by atoms with Crippen molar-refractivity contribution < 1.29 is 14.3 Å². The van der Waals surface area contributed by atoms with Gasteiger partial charge in [0, 0.05) is 12.8 Å². The molecule has 3 rings (SSSR count). The summed E-state index contributed by atoms with van der Waals surface area (Å²) in [7, 11) is 1.55. The number of nitrogens with zero attached hydrogens (tertiary/aromatic N) is 1. The largest absolute Gasteiger partial charge is 0.383 e. The smallest absolute Gasteiger partial charge is 0.278 e. The van der Waals surface area contributed by atoms with Crippen molar-refractivity contribution in [3.8, 4) is 0 Å². The van der Waals surface area contributed by atoms with E-state index in [0.29, 0.717) is 17.9 Å². The van der Waals surface area contributed by atoms with Crippen molar-refractivity contribution >= 4 is 23.1 Å². The molecule has 0 aliphatic carbocycles. The van der Waals surface area contributed by atoms with Gasteiger partial charge in [0.2, 0.25) is 0 Å². The number of nitrogens with one attached hydrogen (secondary N) is 1. The highest BCUT2D eigenvalue weighted by molar-refractivity contribution is 6.36. The standard InChI is InChI=1S/C23H26N2O3/c1-14-7-9-18(17(4)12-14)20-21(23(27)25(22(20)26)10-11-28-5)24-19-13-15(2)6-8-16(19)3/h6-9,12-13,24H,10-11H2,1-5H3. The van der Waals surface area contributed by atoms with Crippen LogP contribution in [0.25, 0.3) is 5.57 Å². The number of hydrogen-bond donors (Lipinski definition) is 1. The molecule has 0 radical (unpaired) electrons. The Hall–Kier alpha value is -2.92. The second-order valence-corrected chi connectivity index (χ2v) is 7.27. The molecular formula is C23H26N2O3. The lowest BCUT2D eigenvalue weighted by atomic mass is 9.97. The van der Waals surface area contributed by atoms with E-state index < -0.39 is 0 Å². The molecule has 2 amide bonds. The van der Waals surface area contributed by atoms with Crippen molar-refractivity contribution in [2.75, 3.05) is 25.6 Å². The van der Waals surface area contributed by atoms with E-state index in [-0.39, 0.29) is 18.4 Å². The molecule has 0 unspecified atom stereocenters. The van der Waals surface area contributed by atoms with Gasteiger partial charge in [-0.15, -0.1) is 0 Å². The van der Waals surface area contributed by atoms with Crippen molar-refractivity contribution in [1.29, 1.82) is 0 Å². The average molecular weight is 378 g/mol. The second-order valence-electron chi connectivity index (χ2n) is 7.27. The van der Waals surface area contributed by atoms with Crippen molar-refractivity contribution in [3.63, 3.8) is 0 Å². The lowest BCUT2D eigenvalue weighted by Gasteiger charge is -2.15. The first kappa shape index (κ1) is 19.8. The maximum atomic E-state index is 13.2. The summed E-state index contributed by atoms with van der Waals surface area (Å²) in [5, 5.41) is 3.25. The quantitative estimate of drug-likeness (QED) is 0.778. The molecular weight excluding hydrogens is 352 g/mol. The van der Waals surface area contributed by atoms with Crippen molar-refractivity contribution in [3.05, 3.63) is 69.9 Å². The van der Waals surface area contributed by atoms with Crippen LogP contribution in [0.2, 0.25) is 0 Å². The van der Waals surface area contributed by atoms with Gasteiger partial charge in [0.15, 0.2) is 0 Å². The molecule has 2 aromatic rings. The summed E-state index contributed by atoms with van der Waals surface area (Å²) in [5.74, 6) is -0.611. The molecule has 28 heavy (non-hydrogen) atoms. The summed E-state index contributed by atoms with van der Waals surface area (Å²) in [5.41, 5.74) is 6.50. The molecule has 0 fully saturated rings. The number of amides is 2. The van der Waals surface area contributed by atoms with Crippen molar-refractivity contribution in [1.82, 2.24) is 4.90 Å². The molecule has 0 bridgehead atoms. The third-order valence-corrected chi connectivity index (χ3v) is 4.99. The Labute approximate surface area is 166 Å². The van der Waals surface area contributed by atoms with Crippen LogP contribution >= 0.6 is 0 Å². The Kier molecular flexibility index (Phi) is 5.66. The van der Waals surface area contributed by atoms with Gasteiger partial charge in [-0.2, -0.15) is 0 Å². The average Bonchev–Trinajstić information content (AvgIpc) is 2.87. The van der Waals surface area contributed by atoms with E-state index in [2.05, 4.69) is 5.32 Å². The van der Waals surface area contributed by atoms with Gasteiger partial charge in [0.25, 0.3) is 11.8 Å². The predicted octanol–water partition coefficient (Wildman–Crippen LogP) is 3.76. The molecule has 0 saturated heterocycles. The molecule has 0 saturated carbocycles. The normalized spacial score (nSPS) is 14.2. The molecule has 0 aromatic heterocycles. The monoisotopic (exact) mass is 378 g/mol. The fourth-order valence-electron chi connectivity index (χ4n) is 3.43. The number of ether oxygens (including phenoxy) is 1. The topological polar surface area (TPSA) is 58.6 Å². The molecule has 5 nitrogen and oxygen atoms in total. The van der Waals surface area contributed by atoms with Crippen LogP contribution in [0.1, 0.15) is 27.8 Å². The summed E-state index contributed by atoms with van der Waals surface area (Å²) in [6.45, 7) is 8.46. The molecule has 1 N–H and O–H groups in total. The number of carbonyl (C=O) groups excluding carboxylic acids is 2. The molecule has 1 aliphatic rings. The Morgan fingerprint density at radius 3 is 2.25 bits per heavy atom. The van der Waals surface area contributed by atoms with Gasteiger partial charge in [0.05, 0.1) is 18.7 Å². The third kappa shape index (κ3) is 3.71. The van der Waals surface area contributed by atoms with Crippen LogP contribution in [0.5, 0.6) is 0 Å². The molecule has 1 heterocycles. The highest BCUT2D eigenvalue weighted by atomic mass is 16.5. The molecule has 146 valence electrons. The Morgan fingerprint density at radius 2 is 1.57 bits per heavy atom.